The number of aromatic nitrogens is 4. The average Bonchev–Trinajstić information content (AvgIpc) is 3.35. The molecule has 2 aromatic heterocycles. The van der Waals surface area contributed by atoms with Crippen molar-refractivity contribution in [3.05, 3.63) is 57.5 Å². The van der Waals surface area contributed by atoms with Crippen LogP contribution in [-0.4, -0.2) is 43.1 Å². The van der Waals surface area contributed by atoms with E-state index < -0.39 is 0 Å². The number of anilines is 2. The summed E-state index contributed by atoms with van der Waals surface area (Å²) in [5.74, 6) is 0.121. The topological polar surface area (TPSA) is 101 Å². The molecule has 0 aliphatic heterocycles. The van der Waals surface area contributed by atoms with Gasteiger partial charge in [0.1, 0.15) is 0 Å². The molecule has 164 valence electrons. The summed E-state index contributed by atoms with van der Waals surface area (Å²) in [6.07, 6.45) is 0. The molecule has 4 rings (SSSR count). The molecule has 8 nitrogen and oxygen atoms in total. The minimum atomic E-state index is -0.150. The number of fused-ring (bicyclic) bond motifs is 1. The molecule has 2 heterocycles. The number of nitrogens with zero attached hydrogens (tertiary/aromatic N) is 4. The van der Waals surface area contributed by atoms with E-state index >= 15 is 0 Å². The van der Waals surface area contributed by atoms with Crippen molar-refractivity contribution in [3.63, 3.8) is 0 Å². The van der Waals surface area contributed by atoms with Gasteiger partial charge in [-0.05, 0) is 48.5 Å². The molecule has 0 saturated heterocycles. The lowest BCUT2D eigenvalue weighted by atomic mass is 10.3. The molecule has 2 N–H and O–H groups in total. The van der Waals surface area contributed by atoms with E-state index in [4.69, 9.17) is 0 Å². The summed E-state index contributed by atoms with van der Waals surface area (Å²) >= 11 is 10.6. The highest BCUT2D eigenvalue weighted by Gasteiger charge is 2.15. The quantitative estimate of drug-likeness (QED) is 0.264. The van der Waals surface area contributed by atoms with Crippen LogP contribution in [0.5, 0.6) is 0 Å². The maximum absolute atomic E-state index is 12.2. The van der Waals surface area contributed by atoms with Gasteiger partial charge in [-0.15, -0.1) is 15.3 Å². The van der Waals surface area contributed by atoms with Gasteiger partial charge in [0.25, 0.3) is 0 Å². The summed E-state index contributed by atoms with van der Waals surface area (Å²) < 4.78 is 4.18. The molecule has 0 radical (unpaired) electrons. The highest BCUT2D eigenvalue weighted by atomic mass is 79.9. The first-order valence-electron chi connectivity index (χ1n) is 9.05. The first-order valence-corrected chi connectivity index (χ1v) is 13.4. The summed E-state index contributed by atoms with van der Waals surface area (Å²) in [5, 5.41) is 18.9. The van der Waals surface area contributed by atoms with Crippen molar-refractivity contribution >= 4 is 94.9 Å². The van der Waals surface area contributed by atoms with Gasteiger partial charge >= 0.3 is 0 Å². The van der Waals surface area contributed by atoms with Gasteiger partial charge in [0.05, 0.1) is 11.5 Å². The van der Waals surface area contributed by atoms with Gasteiger partial charge < -0.3 is 10.6 Å². The highest BCUT2D eigenvalue weighted by Crippen LogP contribution is 2.27. The fourth-order valence-electron chi connectivity index (χ4n) is 2.45. The van der Waals surface area contributed by atoms with Crippen LogP contribution in [0.15, 0.2) is 67.0 Å². The second-order valence-corrected chi connectivity index (χ2v) is 11.2. The van der Waals surface area contributed by atoms with Gasteiger partial charge in [0.15, 0.2) is 4.34 Å². The standard InChI is InChI=1S/C19H14Br2N6O2S3/c20-11-1-5-13(6-2-11)22-15(28)9-30-17-24-25-18-27(17)26-19(32-18)31-10-16(29)23-14-7-3-12(21)4-8-14/h1-8H,9-10H2,(H,22,28)(H,23,29). The number of amides is 2. The second kappa shape index (κ2) is 10.8. The van der Waals surface area contributed by atoms with Crippen molar-refractivity contribution in [2.75, 3.05) is 22.1 Å². The normalized spacial score (nSPS) is 10.9. The molecule has 0 saturated carbocycles. The molecule has 0 fully saturated rings. The summed E-state index contributed by atoms with van der Waals surface area (Å²) in [7, 11) is 0. The van der Waals surface area contributed by atoms with Gasteiger partial charge in [0, 0.05) is 20.3 Å². The van der Waals surface area contributed by atoms with E-state index in [0.717, 1.165) is 20.3 Å². The zero-order valence-electron chi connectivity index (χ0n) is 16.1. The zero-order chi connectivity index (χ0) is 22.5. The number of hydrogen-bond donors (Lipinski definition) is 2. The minimum absolute atomic E-state index is 0.123. The second-order valence-electron chi connectivity index (χ2n) is 6.23. The van der Waals surface area contributed by atoms with Crippen LogP contribution in [0.3, 0.4) is 0 Å². The van der Waals surface area contributed by atoms with Crippen LogP contribution in [0, 0.1) is 0 Å². The molecule has 0 spiro atoms. The number of benzene rings is 2. The van der Waals surface area contributed by atoms with Crippen LogP contribution in [-0.2, 0) is 9.59 Å². The van der Waals surface area contributed by atoms with E-state index in [1.165, 1.54) is 34.9 Å². The van der Waals surface area contributed by atoms with Crippen molar-refractivity contribution in [1.29, 1.82) is 0 Å². The highest BCUT2D eigenvalue weighted by molar-refractivity contribution is 9.10. The Hall–Kier alpha value is -1.93. The fourth-order valence-corrected chi connectivity index (χ4v) is 5.39. The Balaban J connectivity index is 1.29. The number of carbonyl (C=O) groups is 2. The van der Waals surface area contributed by atoms with Crippen LogP contribution in [0.25, 0.3) is 4.96 Å². The van der Waals surface area contributed by atoms with Crippen molar-refractivity contribution in [2.45, 2.75) is 9.50 Å². The van der Waals surface area contributed by atoms with Crippen molar-refractivity contribution in [2.24, 2.45) is 0 Å². The molecule has 0 atom stereocenters. The van der Waals surface area contributed by atoms with Crippen molar-refractivity contribution < 1.29 is 9.59 Å². The summed E-state index contributed by atoms with van der Waals surface area (Å²) in [6.45, 7) is 0. The van der Waals surface area contributed by atoms with Crippen LogP contribution in [0.2, 0.25) is 0 Å². The maximum atomic E-state index is 12.2. The molecule has 4 aromatic rings. The van der Waals surface area contributed by atoms with Gasteiger partial charge in [-0.2, -0.15) is 4.52 Å². The lowest BCUT2D eigenvalue weighted by molar-refractivity contribution is -0.114. The van der Waals surface area contributed by atoms with E-state index in [0.29, 0.717) is 14.5 Å². The third kappa shape index (κ3) is 6.32. The van der Waals surface area contributed by atoms with E-state index in [9.17, 15) is 9.59 Å². The SMILES string of the molecule is O=C(CSc1nn2c(SCC(=O)Nc3ccc(Br)cc3)nnc2s1)Nc1ccc(Br)cc1. The molecular weight excluding hydrogens is 600 g/mol. The number of rotatable bonds is 8. The van der Waals surface area contributed by atoms with Gasteiger partial charge in [-0.3, -0.25) is 9.59 Å². The van der Waals surface area contributed by atoms with Crippen molar-refractivity contribution in [3.8, 4) is 0 Å². The molecular formula is C19H14Br2N6O2S3. The number of hydrogen-bond acceptors (Lipinski definition) is 8. The average molecular weight is 614 g/mol. The number of halogens is 2. The predicted molar refractivity (Wildman–Crippen MR) is 136 cm³/mol. The first kappa shape index (κ1) is 23.2. The van der Waals surface area contributed by atoms with Gasteiger partial charge in [-0.1, -0.05) is 66.7 Å². The first-order chi connectivity index (χ1) is 15.5. The largest absolute Gasteiger partial charge is 0.325 e. The lowest BCUT2D eigenvalue weighted by Crippen LogP contribution is -2.14. The Morgan fingerprint density at radius 2 is 1.38 bits per heavy atom. The Bertz CT molecular complexity index is 1240. The smallest absolute Gasteiger partial charge is 0.236 e. The van der Waals surface area contributed by atoms with E-state index in [1.54, 1.807) is 4.52 Å². The number of carbonyl (C=O) groups excluding carboxylic acids is 2. The number of thioether (sulfide) groups is 2. The van der Waals surface area contributed by atoms with E-state index in [-0.39, 0.29) is 23.3 Å². The zero-order valence-corrected chi connectivity index (χ0v) is 21.7. The number of nitrogens with one attached hydrogen (secondary N) is 2. The summed E-state index contributed by atoms with van der Waals surface area (Å²) in [5.41, 5.74) is 1.45. The molecule has 13 heteroatoms. The molecule has 2 amide bonds. The monoisotopic (exact) mass is 612 g/mol. The van der Waals surface area contributed by atoms with Gasteiger partial charge in [0.2, 0.25) is 21.9 Å². The van der Waals surface area contributed by atoms with Crippen molar-refractivity contribution in [1.82, 2.24) is 19.8 Å². The third-order valence-corrected chi connectivity index (χ3v) is 7.87. The summed E-state index contributed by atoms with van der Waals surface area (Å²) in [6, 6.07) is 14.7. The lowest BCUT2D eigenvalue weighted by Gasteiger charge is -2.04. The molecule has 0 bridgehead atoms. The van der Waals surface area contributed by atoms with E-state index in [2.05, 4.69) is 57.8 Å². The van der Waals surface area contributed by atoms with Crippen LogP contribution >= 0.6 is 66.7 Å². The fraction of sp³-hybridized carbons (Fsp3) is 0.105. The molecule has 0 aliphatic rings. The third-order valence-electron chi connectivity index (χ3n) is 3.86. The van der Waals surface area contributed by atoms with Gasteiger partial charge in [-0.25, -0.2) is 0 Å². The Labute approximate surface area is 212 Å². The minimum Gasteiger partial charge on any atom is -0.325 e. The Morgan fingerprint density at radius 3 is 1.94 bits per heavy atom. The Morgan fingerprint density at radius 1 is 0.844 bits per heavy atom. The molecule has 32 heavy (non-hydrogen) atoms. The molecule has 0 aliphatic carbocycles. The van der Waals surface area contributed by atoms with E-state index in [1.807, 2.05) is 48.5 Å². The maximum Gasteiger partial charge on any atom is 0.236 e. The van der Waals surface area contributed by atoms with Crippen LogP contribution in [0.1, 0.15) is 0 Å². The summed E-state index contributed by atoms with van der Waals surface area (Å²) in [4.78, 5) is 25.0. The predicted octanol–water partition coefficient (Wildman–Crippen LogP) is 5.17. The Kier molecular flexibility index (Phi) is 7.84. The molecule has 0 unspecified atom stereocenters. The van der Waals surface area contributed by atoms with Crippen LogP contribution in [0.4, 0.5) is 11.4 Å². The van der Waals surface area contributed by atoms with Crippen LogP contribution < -0.4 is 10.6 Å². The molecule has 2 aromatic carbocycles.